The molecule has 1 nitrogen and oxygen atoms in total. The van der Waals surface area contributed by atoms with Gasteiger partial charge in [-0.05, 0) is 37.6 Å². The van der Waals surface area contributed by atoms with Gasteiger partial charge in [-0.25, -0.2) is 0 Å². The van der Waals surface area contributed by atoms with Crippen LogP contribution >= 0.6 is 0 Å². The van der Waals surface area contributed by atoms with Gasteiger partial charge in [-0.3, -0.25) is 0 Å². The van der Waals surface area contributed by atoms with Gasteiger partial charge in [-0.15, -0.1) is 0 Å². The second-order valence-electron chi connectivity index (χ2n) is 13.4. The summed E-state index contributed by atoms with van der Waals surface area (Å²) in [5, 5.41) is 1.73. The first-order valence-electron chi connectivity index (χ1n) is 14.5. The third-order valence-electron chi connectivity index (χ3n) is 9.31. The number of para-hydroxylation sites is 1. The first-order valence-corrected chi connectivity index (χ1v) is 19.0. The van der Waals surface area contributed by atoms with E-state index in [1.807, 2.05) is 0 Å². The van der Waals surface area contributed by atoms with Crippen molar-refractivity contribution in [2.45, 2.75) is 69.2 Å². The van der Waals surface area contributed by atoms with E-state index < -0.39 is 8.07 Å². The van der Waals surface area contributed by atoms with Crippen molar-refractivity contribution in [2.75, 3.05) is 0 Å². The molecule has 2 unspecified atom stereocenters. The molecule has 8 rings (SSSR count). The summed E-state index contributed by atoms with van der Waals surface area (Å²) in [5.41, 5.74) is 16.9. The second kappa shape index (κ2) is 11.9. The maximum Gasteiger partial charge on any atom is -1.00 e. The zero-order valence-electron chi connectivity index (χ0n) is 25.9. The fraction of sp³-hybridized carbons (Fsp3) is 0.297. The monoisotopic (exact) mass is 686 g/mol. The molecule has 1 aromatic heterocycles. The zero-order valence-corrected chi connectivity index (χ0v) is 30.9. The van der Waals surface area contributed by atoms with Crippen molar-refractivity contribution in [3.05, 3.63) is 124 Å². The van der Waals surface area contributed by atoms with Gasteiger partial charge in [-0.1, -0.05) is 42.1 Å². The van der Waals surface area contributed by atoms with Crippen LogP contribution in [0.2, 0.25) is 13.1 Å². The molecule has 0 fully saturated rings. The Morgan fingerprint density at radius 2 is 1.43 bits per heavy atom. The van der Waals surface area contributed by atoms with E-state index in [0.717, 1.165) is 5.54 Å². The molecule has 2 aliphatic heterocycles. The summed E-state index contributed by atoms with van der Waals surface area (Å²) in [6.07, 6.45) is 2.38. The number of hydrogen-bond acceptors (Lipinski definition) is 0. The van der Waals surface area contributed by atoms with Crippen LogP contribution in [0.4, 0.5) is 0 Å². The van der Waals surface area contributed by atoms with Crippen LogP contribution in [0.1, 0.15) is 77.4 Å². The number of benzene rings is 3. The second-order valence-corrected chi connectivity index (χ2v) is 19.4. The van der Waals surface area contributed by atoms with Crippen LogP contribution in [0.25, 0.3) is 28.1 Å². The molecule has 2 bridgehead atoms. The number of aryl methyl sites for hydroxylation is 1. The molecule has 0 radical (unpaired) electrons. The minimum atomic E-state index is -1.19. The number of rotatable bonds is 2. The number of fused-ring (bicyclic) bond motifs is 1. The van der Waals surface area contributed by atoms with Gasteiger partial charge < -0.3 is 29.4 Å². The van der Waals surface area contributed by atoms with Gasteiger partial charge in [0.15, 0.2) is 0 Å². The summed E-state index contributed by atoms with van der Waals surface area (Å²) in [4.78, 5) is 0. The average Bonchev–Trinajstić information content (AvgIpc) is 3.56. The Morgan fingerprint density at radius 1 is 0.786 bits per heavy atom. The normalized spacial score (nSPS) is 19.0. The molecule has 0 saturated carbocycles. The number of halogens is 2. The van der Waals surface area contributed by atoms with Crippen LogP contribution < -0.4 is 24.8 Å². The average molecular weight is 689 g/mol. The standard InChI is InChI=1S/C20H21.C17H19NSi.2ClH.Zr/c1-14-12-16-6-5-7-18(19(16)13-14)15-8-10-17(11-9-15)20(2,3)4;1-11-10-14-15(17-12(2)16(14)19(17,3)4)18(11)13-8-6-5-7-9-13;;;/h5-13H,1-4H3;5-10,17H,1-4H3;2*1H;/q;;;;+2/p-2. The summed E-state index contributed by atoms with van der Waals surface area (Å²) >= 11 is 1.58. The van der Waals surface area contributed by atoms with E-state index in [1.54, 1.807) is 46.7 Å². The van der Waals surface area contributed by atoms with Crippen LogP contribution in [0.3, 0.4) is 0 Å². The number of nitrogens with zero attached hydrogens (tertiary/aromatic N) is 1. The third kappa shape index (κ3) is 5.23. The van der Waals surface area contributed by atoms with E-state index in [-0.39, 0.29) is 30.2 Å². The molecular weight excluding hydrogens is 649 g/mol. The number of hydrogen-bond donors (Lipinski definition) is 0. The van der Waals surface area contributed by atoms with Gasteiger partial charge in [0.1, 0.15) is 0 Å². The Balaban J connectivity index is 0.000000185. The minimum absolute atomic E-state index is 0. The molecule has 2 atom stereocenters. The molecule has 0 amide bonds. The van der Waals surface area contributed by atoms with Crippen molar-refractivity contribution in [3.63, 3.8) is 0 Å². The fourth-order valence-electron chi connectivity index (χ4n) is 7.38. The van der Waals surface area contributed by atoms with Gasteiger partial charge in [0.05, 0.1) is 8.07 Å². The van der Waals surface area contributed by atoms with Crippen molar-refractivity contribution in [2.24, 2.45) is 0 Å². The minimum Gasteiger partial charge on any atom is -1.00 e. The van der Waals surface area contributed by atoms with Crippen LogP contribution in [0.5, 0.6) is 0 Å². The smallest absolute Gasteiger partial charge is 1.00 e. The molecule has 0 N–H and O–H groups in total. The van der Waals surface area contributed by atoms with Gasteiger partial charge in [-0.2, -0.15) is 0 Å². The topological polar surface area (TPSA) is 4.93 Å². The quantitative estimate of drug-likeness (QED) is 0.280. The summed E-state index contributed by atoms with van der Waals surface area (Å²) in [6.45, 7) is 18.6. The maximum atomic E-state index is 2.52. The maximum absolute atomic E-state index is 2.52. The molecule has 2 aliphatic carbocycles. The van der Waals surface area contributed by atoms with Crippen molar-refractivity contribution in [3.8, 4) is 16.8 Å². The summed E-state index contributed by atoms with van der Waals surface area (Å²) in [7, 11) is -1.19. The van der Waals surface area contributed by atoms with E-state index in [4.69, 9.17) is 0 Å². The molecule has 3 aromatic carbocycles. The molecule has 215 valence electrons. The van der Waals surface area contributed by atoms with Crippen molar-refractivity contribution >= 4 is 19.3 Å². The first-order chi connectivity index (χ1) is 18.9. The van der Waals surface area contributed by atoms with Crippen LogP contribution in [0.15, 0.2) is 90.0 Å². The van der Waals surface area contributed by atoms with Gasteiger partial charge in [0.2, 0.25) is 0 Å². The summed E-state index contributed by atoms with van der Waals surface area (Å²) < 4.78 is 3.12. The third-order valence-corrected chi connectivity index (χ3v) is 15.3. The van der Waals surface area contributed by atoms with Gasteiger partial charge in [0.25, 0.3) is 0 Å². The van der Waals surface area contributed by atoms with E-state index in [1.165, 1.54) is 44.8 Å². The molecular formula is C37H40Cl2NSiZr. The largest absolute Gasteiger partial charge is 1.00 e. The SMILES string of the molecule is CC1=C2c3cc(C)n(-c4ccccc4)c3C1[Si]2(C)C.CC1=Cc2c(-c3ccc(C(C)(C)C)cc3)cccc2[CH]1[Zr+2].[Cl-].[Cl-]. The molecule has 0 spiro atoms. The molecule has 3 heterocycles. The van der Waals surface area contributed by atoms with Crippen molar-refractivity contribution in [1.29, 1.82) is 0 Å². The van der Waals surface area contributed by atoms with Gasteiger partial charge in [0, 0.05) is 22.6 Å². The molecule has 4 aromatic rings. The van der Waals surface area contributed by atoms with E-state index in [2.05, 4.69) is 144 Å². The van der Waals surface area contributed by atoms with E-state index in [0.29, 0.717) is 3.63 Å². The summed E-state index contributed by atoms with van der Waals surface area (Å²) in [5.74, 6) is 0. The molecule has 5 heteroatoms. The Bertz CT molecular complexity index is 1690. The Hall–Kier alpha value is -1.90. The molecule has 0 saturated heterocycles. The van der Waals surface area contributed by atoms with Crippen LogP contribution in [-0.2, 0) is 30.1 Å². The van der Waals surface area contributed by atoms with E-state index in [9.17, 15) is 0 Å². The number of aromatic nitrogens is 1. The first kappa shape index (κ1) is 33.0. The molecule has 42 heavy (non-hydrogen) atoms. The summed E-state index contributed by atoms with van der Waals surface area (Å²) in [6, 6.07) is 29.0. The predicted molar refractivity (Wildman–Crippen MR) is 170 cm³/mol. The zero-order chi connectivity index (χ0) is 28.6. The Labute approximate surface area is 281 Å². The van der Waals surface area contributed by atoms with Crippen LogP contribution in [0, 0.1) is 6.92 Å². The van der Waals surface area contributed by atoms with Gasteiger partial charge >= 0.3 is 143 Å². The predicted octanol–water partition coefficient (Wildman–Crippen LogP) is 4.12. The Kier molecular flexibility index (Phi) is 9.34. The van der Waals surface area contributed by atoms with Crippen molar-refractivity contribution in [1.82, 2.24) is 4.57 Å². The number of allylic oxidation sites excluding steroid dienone is 2. The van der Waals surface area contributed by atoms with E-state index >= 15 is 0 Å². The molecule has 4 aliphatic rings. The Morgan fingerprint density at radius 3 is 2.02 bits per heavy atom. The van der Waals surface area contributed by atoms with Crippen molar-refractivity contribution < 1.29 is 49.5 Å². The van der Waals surface area contributed by atoms with Crippen LogP contribution in [-0.4, -0.2) is 12.6 Å². The fourth-order valence-corrected chi connectivity index (χ4v) is 12.5.